The summed E-state index contributed by atoms with van der Waals surface area (Å²) in [5.74, 6) is -0.432. The summed E-state index contributed by atoms with van der Waals surface area (Å²) in [6.07, 6.45) is 4.02. The molecule has 1 unspecified atom stereocenters. The van der Waals surface area contributed by atoms with Crippen LogP contribution in [0, 0.1) is 0 Å². The average Bonchev–Trinajstić information content (AvgIpc) is 2.77. The summed E-state index contributed by atoms with van der Waals surface area (Å²) in [4.78, 5) is 14.8. The van der Waals surface area contributed by atoms with Crippen molar-refractivity contribution in [2.75, 3.05) is 24.6 Å². The lowest BCUT2D eigenvalue weighted by molar-refractivity contribution is 0.0520. The molecule has 0 saturated carbocycles. The molecule has 31 heavy (non-hydrogen) atoms. The Labute approximate surface area is 186 Å². The maximum atomic E-state index is 12.6. The molecule has 2 aromatic carbocycles. The first kappa shape index (κ1) is 24.7. The standard InChI is InChI=1S/C26H37NO4/c1-5-9-10-11-13-19-14-12-15-22(26(30)31-8-4)24(19)25(29)21-17-16-20(18-23(21)28)27(6-2)7-3/h12,14-18,25,28-29H,5-11,13H2,1-4H3. The summed E-state index contributed by atoms with van der Waals surface area (Å²) in [5, 5.41) is 22.0. The number of phenolic OH excluding ortho intramolecular Hbond substituents is 1. The Bertz CT molecular complexity index is 845. The van der Waals surface area contributed by atoms with E-state index in [-0.39, 0.29) is 12.4 Å². The molecule has 0 saturated heterocycles. The molecule has 5 nitrogen and oxygen atoms in total. The fourth-order valence-electron chi connectivity index (χ4n) is 3.99. The molecule has 0 amide bonds. The van der Waals surface area contributed by atoms with E-state index in [0.717, 1.165) is 56.4 Å². The van der Waals surface area contributed by atoms with Gasteiger partial charge < -0.3 is 19.8 Å². The Morgan fingerprint density at radius 3 is 2.39 bits per heavy atom. The van der Waals surface area contributed by atoms with Gasteiger partial charge in [0.2, 0.25) is 0 Å². The first-order valence-electron chi connectivity index (χ1n) is 11.5. The smallest absolute Gasteiger partial charge is 0.338 e. The number of esters is 1. The molecular formula is C26H37NO4. The van der Waals surface area contributed by atoms with E-state index in [2.05, 4.69) is 25.7 Å². The third kappa shape index (κ3) is 6.23. The van der Waals surface area contributed by atoms with E-state index in [9.17, 15) is 15.0 Å². The normalized spacial score (nSPS) is 11.9. The van der Waals surface area contributed by atoms with Crippen molar-refractivity contribution < 1.29 is 19.7 Å². The highest BCUT2D eigenvalue weighted by Gasteiger charge is 2.25. The molecule has 0 bridgehead atoms. The van der Waals surface area contributed by atoms with Gasteiger partial charge in [-0.1, -0.05) is 44.4 Å². The van der Waals surface area contributed by atoms with Crippen molar-refractivity contribution >= 4 is 11.7 Å². The highest BCUT2D eigenvalue weighted by atomic mass is 16.5. The average molecular weight is 428 g/mol. The molecule has 0 spiro atoms. The largest absolute Gasteiger partial charge is 0.507 e. The molecule has 0 fully saturated rings. The van der Waals surface area contributed by atoms with Crippen molar-refractivity contribution in [3.63, 3.8) is 0 Å². The SMILES string of the molecule is CCCCCCc1cccc(C(=O)OCC)c1C(O)c1ccc(N(CC)CC)cc1O. The van der Waals surface area contributed by atoms with Crippen LogP contribution in [0.4, 0.5) is 5.69 Å². The minimum atomic E-state index is -1.12. The van der Waals surface area contributed by atoms with E-state index in [1.165, 1.54) is 0 Å². The Balaban J connectivity index is 2.46. The summed E-state index contributed by atoms with van der Waals surface area (Å²) in [6.45, 7) is 9.96. The predicted octanol–water partition coefficient (Wildman–Crippen LogP) is 5.62. The summed E-state index contributed by atoms with van der Waals surface area (Å²) in [6, 6.07) is 10.8. The number of aliphatic hydroxyl groups excluding tert-OH is 1. The van der Waals surface area contributed by atoms with Gasteiger partial charge in [-0.25, -0.2) is 4.79 Å². The lowest BCUT2D eigenvalue weighted by Gasteiger charge is -2.24. The zero-order valence-corrected chi connectivity index (χ0v) is 19.4. The van der Waals surface area contributed by atoms with Gasteiger partial charge in [-0.15, -0.1) is 0 Å². The van der Waals surface area contributed by atoms with Crippen molar-refractivity contribution in [2.45, 2.75) is 65.9 Å². The van der Waals surface area contributed by atoms with E-state index >= 15 is 0 Å². The highest BCUT2D eigenvalue weighted by molar-refractivity contribution is 5.92. The van der Waals surface area contributed by atoms with Crippen LogP contribution in [0.5, 0.6) is 5.75 Å². The predicted molar refractivity (Wildman–Crippen MR) is 126 cm³/mol. The van der Waals surface area contributed by atoms with Gasteiger partial charge in [0.25, 0.3) is 0 Å². The van der Waals surface area contributed by atoms with Crippen LogP contribution in [0.1, 0.15) is 86.5 Å². The first-order valence-corrected chi connectivity index (χ1v) is 11.5. The third-order valence-corrected chi connectivity index (χ3v) is 5.70. The van der Waals surface area contributed by atoms with Gasteiger partial charge in [-0.3, -0.25) is 0 Å². The number of hydrogen-bond donors (Lipinski definition) is 2. The number of benzene rings is 2. The molecule has 5 heteroatoms. The summed E-state index contributed by atoms with van der Waals surface area (Å²) < 4.78 is 5.24. The molecule has 1 atom stereocenters. The molecule has 0 heterocycles. The second-order valence-electron chi connectivity index (χ2n) is 7.73. The molecule has 0 aliphatic heterocycles. The molecule has 0 aliphatic carbocycles. The van der Waals surface area contributed by atoms with E-state index < -0.39 is 12.1 Å². The fraction of sp³-hybridized carbons (Fsp3) is 0.500. The summed E-state index contributed by atoms with van der Waals surface area (Å²) in [5.41, 5.74) is 3.10. The maximum Gasteiger partial charge on any atom is 0.338 e. The monoisotopic (exact) mass is 427 g/mol. The third-order valence-electron chi connectivity index (χ3n) is 5.70. The van der Waals surface area contributed by atoms with Crippen LogP contribution in [0.25, 0.3) is 0 Å². The number of aryl methyl sites for hydroxylation is 1. The fourth-order valence-corrected chi connectivity index (χ4v) is 3.99. The number of carbonyl (C=O) groups excluding carboxylic acids is 1. The second kappa shape index (κ2) is 12.4. The van der Waals surface area contributed by atoms with E-state index in [1.54, 1.807) is 25.1 Å². The van der Waals surface area contributed by atoms with Crippen LogP contribution in [-0.4, -0.2) is 35.9 Å². The number of hydrogen-bond acceptors (Lipinski definition) is 5. The zero-order chi connectivity index (χ0) is 22.8. The number of aromatic hydroxyl groups is 1. The van der Waals surface area contributed by atoms with Crippen molar-refractivity contribution in [1.82, 2.24) is 0 Å². The van der Waals surface area contributed by atoms with Gasteiger partial charge in [-0.05, 0) is 51.3 Å². The molecule has 2 aromatic rings. The minimum absolute atomic E-state index is 0.0208. The van der Waals surface area contributed by atoms with Crippen molar-refractivity contribution in [3.05, 3.63) is 58.7 Å². The van der Waals surface area contributed by atoms with E-state index in [4.69, 9.17) is 4.74 Å². The van der Waals surface area contributed by atoms with E-state index in [0.29, 0.717) is 16.7 Å². The maximum absolute atomic E-state index is 12.6. The van der Waals surface area contributed by atoms with Crippen LogP contribution in [0.15, 0.2) is 36.4 Å². The summed E-state index contributed by atoms with van der Waals surface area (Å²) in [7, 11) is 0. The first-order chi connectivity index (χ1) is 15.0. The van der Waals surface area contributed by atoms with Gasteiger partial charge in [0, 0.05) is 36.0 Å². The molecule has 2 N–H and O–H groups in total. The van der Waals surface area contributed by atoms with Crippen LogP contribution in [0.3, 0.4) is 0 Å². The summed E-state index contributed by atoms with van der Waals surface area (Å²) >= 11 is 0. The highest BCUT2D eigenvalue weighted by Crippen LogP contribution is 2.36. The molecule has 0 aromatic heterocycles. The van der Waals surface area contributed by atoms with Crippen LogP contribution in [0.2, 0.25) is 0 Å². The van der Waals surface area contributed by atoms with Crippen molar-refractivity contribution in [1.29, 1.82) is 0 Å². The van der Waals surface area contributed by atoms with Gasteiger partial charge in [0.1, 0.15) is 11.9 Å². The number of carbonyl (C=O) groups is 1. The van der Waals surface area contributed by atoms with Crippen LogP contribution in [-0.2, 0) is 11.2 Å². The number of aliphatic hydroxyl groups is 1. The number of nitrogens with zero attached hydrogens (tertiary/aromatic N) is 1. The van der Waals surface area contributed by atoms with E-state index in [1.807, 2.05) is 18.2 Å². The van der Waals surface area contributed by atoms with Crippen LogP contribution >= 0.6 is 0 Å². The number of unbranched alkanes of at least 4 members (excludes halogenated alkanes) is 3. The number of rotatable bonds is 12. The van der Waals surface area contributed by atoms with Gasteiger partial charge in [0.05, 0.1) is 12.2 Å². The molecule has 0 radical (unpaired) electrons. The van der Waals surface area contributed by atoms with Crippen molar-refractivity contribution in [2.24, 2.45) is 0 Å². The van der Waals surface area contributed by atoms with Gasteiger partial charge in [-0.2, -0.15) is 0 Å². The Kier molecular flexibility index (Phi) is 9.86. The topological polar surface area (TPSA) is 70.0 Å². The molecule has 0 aliphatic rings. The lowest BCUT2D eigenvalue weighted by Crippen LogP contribution is -2.21. The van der Waals surface area contributed by atoms with Gasteiger partial charge in [0.15, 0.2) is 0 Å². The second-order valence-corrected chi connectivity index (χ2v) is 7.73. The molecular weight excluding hydrogens is 390 g/mol. The minimum Gasteiger partial charge on any atom is -0.507 e. The van der Waals surface area contributed by atoms with Crippen LogP contribution < -0.4 is 4.90 Å². The molecule has 170 valence electrons. The molecule has 2 rings (SSSR count). The lowest BCUT2D eigenvalue weighted by atomic mass is 9.89. The number of ether oxygens (including phenoxy) is 1. The van der Waals surface area contributed by atoms with Gasteiger partial charge >= 0.3 is 5.97 Å². The number of phenols is 1. The zero-order valence-electron chi connectivity index (χ0n) is 19.4. The Morgan fingerprint density at radius 1 is 1.03 bits per heavy atom. The number of anilines is 1. The Morgan fingerprint density at radius 2 is 1.77 bits per heavy atom. The van der Waals surface area contributed by atoms with Crippen molar-refractivity contribution in [3.8, 4) is 5.75 Å². The Hall–Kier alpha value is -2.53. The quantitative estimate of drug-likeness (QED) is 0.340.